The lowest BCUT2D eigenvalue weighted by Crippen LogP contribution is -2.37. The first kappa shape index (κ1) is 22.8. The number of hydrogen-bond acceptors (Lipinski definition) is 4. The maximum atomic E-state index is 12.6. The van der Waals surface area contributed by atoms with E-state index in [1.807, 2.05) is 60.5 Å². The maximum absolute atomic E-state index is 12.6. The topological polar surface area (TPSA) is 61.9 Å². The Balaban J connectivity index is 1.51. The van der Waals surface area contributed by atoms with Gasteiger partial charge in [0.25, 0.3) is 5.91 Å². The molecule has 2 amide bonds. The van der Waals surface area contributed by atoms with Gasteiger partial charge >= 0.3 is 0 Å². The number of hydrogen-bond donors (Lipinski definition) is 1. The van der Waals surface area contributed by atoms with E-state index in [-0.39, 0.29) is 17.9 Å². The maximum Gasteiger partial charge on any atom is 0.255 e. The fourth-order valence-corrected chi connectivity index (χ4v) is 3.70. The van der Waals surface area contributed by atoms with Crippen molar-refractivity contribution in [3.05, 3.63) is 59.7 Å². The van der Waals surface area contributed by atoms with Crippen LogP contribution in [0.3, 0.4) is 0 Å². The summed E-state index contributed by atoms with van der Waals surface area (Å²) in [5, 5.41) is 2.96. The van der Waals surface area contributed by atoms with Crippen molar-refractivity contribution in [2.75, 3.05) is 37.0 Å². The fourth-order valence-electron chi connectivity index (χ4n) is 3.70. The largest absolute Gasteiger partial charge is 0.377 e. The van der Waals surface area contributed by atoms with Crippen LogP contribution in [0.1, 0.15) is 49.0 Å². The Kier molecular flexibility index (Phi) is 8.06. The van der Waals surface area contributed by atoms with Crippen LogP contribution < -0.4 is 10.2 Å². The van der Waals surface area contributed by atoms with Crippen LogP contribution in [0.2, 0.25) is 0 Å². The number of amides is 2. The summed E-state index contributed by atoms with van der Waals surface area (Å²) >= 11 is 0. The highest BCUT2D eigenvalue weighted by molar-refractivity contribution is 6.04. The van der Waals surface area contributed by atoms with E-state index in [0.29, 0.717) is 12.2 Å². The van der Waals surface area contributed by atoms with Crippen molar-refractivity contribution in [2.45, 2.75) is 45.8 Å². The van der Waals surface area contributed by atoms with Gasteiger partial charge in [0.15, 0.2) is 0 Å². The number of carbonyl (C=O) groups excluding carboxylic acids is 2. The minimum absolute atomic E-state index is 0.0990. The molecule has 1 fully saturated rings. The van der Waals surface area contributed by atoms with Crippen LogP contribution in [0.4, 0.5) is 11.4 Å². The predicted octanol–water partition coefficient (Wildman–Crippen LogP) is 4.31. The molecule has 6 nitrogen and oxygen atoms in total. The smallest absolute Gasteiger partial charge is 0.255 e. The number of likely N-dealkylation sites (N-methyl/N-ethyl adjacent to an activating group) is 1. The molecule has 1 saturated heterocycles. The third-order valence-corrected chi connectivity index (χ3v) is 5.83. The first-order valence-electron chi connectivity index (χ1n) is 11.0. The predicted molar refractivity (Wildman–Crippen MR) is 124 cm³/mol. The molecular formula is C25H33N3O3. The SMILES string of the molecule is CCCCOCc1ccc(C(=O)Nc2ccc(N3CCC(N(C)C(C)=O)C3)cc2)cc1. The second-order valence-electron chi connectivity index (χ2n) is 8.12. The van der Waals surface area contributed by atoms with Crippen molar-refractivity contribution in [1.29, 1.82) is 0 Å². The van der Waals surface area contributed by atoms with Crippen LogP contribution in [0.5, 0.6) is 0 Å². The molecule has 1 atom stereocenters. The molecule has 1 N–H and O–H groups in total. The summed E-state index contributed by atoms with van der Waals surface area (Å²) in [6.07, 6.45) is 3.15. The van der Waals surface area contributed by atoms with E-state index in [9.17, 15) is 9.59 Å². The van der Waals surface area contributed by atoms with Crippen molar-refractivity contribution in [3.8, 4) is 0 Å². The zero-order valence-corrected chi connectivity index (χ0v) is 18.8. The van der Waals surface area contributed by atoms with Crippen LogP contribution >= 0.6 is 0 Å². The van der Waals surface area contributed by atoms with Gasteiger partial charge in [0.2, 0.25) is 5.91 Å². The van der Waals surface area contributed by atoms with E-state index in [2.05, 4.69) is 17.1 Å². The number of nitrogens with zero attached hydrogens (tertiary/aromatic N) is 2. The van der Waals surface area contributed by atoms with Gasteiger partial charge in [-0.05, 0) is 54.8 Å². The van der Waals surface area contributed by atoms with E-state index in [4.69, 9.17) is 4.74 Å². The Morgan fingerprint density at radius 3 is 2.48 bits per heavy atom. The molecule has 0 saturated carbocycles. The Morgan fingerprint density at radius 2 is 1.84 bits per heavy atom. The lowest BCUT2D eigenvalue weighted by molar-refractivity contribution is -0.129. The number of nitrogens with one attached hydrogen (secondary N) is 1. The first-order chi connectivity index (χ1) is 15.0. The average Bonchev–Trinajstić information content (AvgIpc) is 3.27. The van der Waals surface area contributed by atoms with Gasteiger partial charge in [0.05, 0.1) is 12.6 Å². The molecule has 0 bridgehead atoms. The minimum atomic E-state index is -0.129. The summed E-state index contributed by atoms with van der Waals surface area (Å²) < 4.78 is 5.62. The average molecular weight is 424 g/mol. The van der Waals surface area contributed by atoms with Gasteiger partial charge in [0, 0.05) is 50.6 Å². The molecule has 0 radical (unpaired) electrons. The van der Waals surface area contributed by atoms with Gasteiger partial charge in [-0.1, -0.05) is 25.5 Å². The molecule has 2 aromatic carbocycles. The highest BCUT2D eigenvalue weighted by atomic mass is 16.5. The van der Waals surface area contributed by atoms with Crippen LogP contribution in [0.25, 0.3) is 0 Å². The monoisotopic (exact) mass is 423 g/mol. The van der Waals surface area contributed by atoms with E-state index in [1.54, 1.807) is 6.92 Å². The molecule has 1 unspecified atom stereocenters. The summed E-state index contributed by atoms with van der Waals surface area (Å²) in [6, 6.07) is 15.7. The summed E-state index contributed by atoms with van der Waals surface area (Å²) in [5.41, 5.74) is 3.55. The van der Waals surface area contributed by atoms with Gasteiger partial charge in [-0.3, -0.25) is 9.59 Å². The summed E-state index contributed by atoms with van der Waals surface area (Å²) in [7, 11) is 1.86. The van der Waals surface area contributed by atoms with Crippen LogP contribution in [-0.4, -0.2) is 49.5 Å². The summed E-state index contributed by atoms with van der Waals surface area (Å²) in [5.74, 6) is -0.0301. The van der Waals surface area contributed by atoms with Crippen molar-refractivity contribution >= 4 is 23.2 Å². The standard InChI is InChI=1S/C25H33N3O3/c1-4-5-16-31-18-20-6-8-21(9-7-20)25(30)26-22-10-12-23(13-11-22)28-15-14-24(17-28)27(3)19(2)29/h6-13,24H,4-5,14-18H2,1-3H3,(H,26,30). The number of benzene rings is 2. The molecule has 1 heterocycles. The number of ether oxygens (including phenoxy) is 1. The summed E-state index contributed by atoms with van der Waals surface area (Å²) in [6.45, 7) is 6.83. The Morgan fingerprint density at radius 1 is 1.13 bits per heavy atom. The molecular weight excluding hydrogens is 390 g/mol. The Labute approximate surface area is 185 Å². The second-order valence-corrected chi connectivity index (χ2v) is 8.12. The molecule has 1 aliphatic heterocycles. The third-order valence-electron chi connectivity index (χ3n) is 5.83. The van der Waals surface area contributed by atoms with Gasteiger partial charge in [-0.2, -0.15) is 0 Å². The second kappa shape index (κ2) is 11.0. The highest BCUT2D eigenvalue weighted by Gasteiger charge is 2.27. The zero-order valence-electron chi connectivity index (χ0n) is 18.8. The third kappa shape index (κ3) is 6.31. The number of anilines is 2. The van der Waals surface area contributed by atoms with Crippen LogP contribution in [-0.2, 0) is 16.1 Å². The zero-order chi connectivity index (χ0) is 22.2. The molecule has 3 rings (SSSR count). The van der Waals surface area contributed by atoms with Crippen molar-refractivity contribution in [1.82, 2.24) is 4.90 Å². The quantitative estimate of drug-likeness (QED) is 0.611. The molecule has 0 spiro atoms. The lowest BCUT2D eigenvalue weighted by atomic mass is 10.1. The van der Waals surface area contributed by atoms with Crippen LogP contribution in [0, 0.1) is 0 Å². The Hall–Kier alpha value is -2.86. The van der Waals surface area contributed by atoms with Crippen LogP contribution in [0.15, 0.2) is 48.5 Å². The molecule has 6 heteroatoms. The Bertz CT molecular complexity index is 865. The van der Waals surface area contributed by atoms with E-state index in [1.165, 1.54) is 0 Å². The first-order valence-corrected chi connectivity index (χ1v) is 11.0. The van der Waals surface area contributed by atoms with Gasteiger partial charge in [0.1, 0.15) is 0 Å². The number of rotatable bonds is 9. The molecule has 31 heavy (non-hydrogen) atoms. The van der Waals surface area contributed by atoms with Crippen molar-refractivity contribution in [3.63, 3.8) is 0 Å². The highest BCUT2D eigenvalue weighted by Crippen LogP contribution is 2.24. The lowest BCUT2D eigenvalue weighted by Gasteiger charge is -2.24. The van der Waals surface area contributed by atoms with E-state index in [0.717, 1.165) is 55.9 Å². The van der Waals surface area contributed by atoms with Crippen molar-refractivity contribution in [2.24, 2.45) is 0 Å². The van der Waals surface area contributed by atoms with Gasteiger partial charge in [-0.25, -0.2) is 0 Å². The van der Waals surface area contributed by atoms with Gasteiger partial charge < -0.3 is 19.9 Å². The van der Waals surface area contributed by atoms with E-state index >= 15 is 0 Å². The molecule has 1 aliphatic rings. The van der Waals surface area contributed by atoms with Gasteiger partial charge in [-0.15, -0.1) is 0 Å². The number of unbranched alkanes of at least 4 members (excludes halogenated alkanes) is 1. The summed E-state index contributed by atoms with van der Waals surface area (Å²) in [4.78, 5) is 28.2. The normalized spacial score (nSPS) is 15.7. The molecule has 0 aliphatic carbocycles. The number of carbonyl (C=O) groups is 2. The molecule has 2 aromatic rings. The molecule has 0 aromatic heterocycles. The van der Waals surface area contributed by atoms with Crippen molar-refractivity contribution < 1.29 is 14.3 Å². The molecule has 166 valence electrons. The van der Waals surface area contributed by atoms with E-state index < -0.39 is 0 Å². The fraction of sp³-hybridized carbons (Fsp3) is 0.440. The minimum Gasteiger partial charge on any atom is -0.377 e.